The predicted octanol–water partition coefficient (Wildman–Crippen LogP) is 0.568. The second-order valence-corrected chi connectivity index (χ2v) is 4.33. The summed E-state index contributed by atoms with van der Waals surface area (Å²) in [5, 5.41) is 0. The third-order valence-electron chi connectivity index (χ3n) is 2.67. The van der Waals surface area contributed by atoms with Gasteiger partial charge in [0.1, 0.15) is 0 Å². The Morgan fingerprint density at radius 2 is 2.31 bits per heavy atom. The van der Waals surface area contributed by atoms with Crippen molar-refractivity contribution in [1.82, 2.24) is 0 Å². The van der Waals surface area contributed by atoms with Crippen molar-refractivity contribution in [2.45, 2.75) is 51.2 Å². The maximum absolute atomic E-state index is 5.87. The Morgan fingerprint density at radius 1 is 1.56 bits per heavy atom. The van der Waals surface area contributed by atoms with Gasteiger partial charge in [-0.3, -0.25) is 0 Å². The van der Waals surface area contributed by atoms with Crippen molar-refractivity contribution in [3.63, 3.8) is 0 Å². The van der Waals surface area contributed by atoms with E-state index in [1.807, 2.05) is 0 Å². The van der Waals surface area contributed by atoms with E-state index in [-0.39, 0.29) is 12.1 Å². The van der Waals surface area contributed by atoms with E-state index in [4.69, 9.17) is 25.7 Å². The molecular weight excluding hydrogens is 208 g/mol. The highest BCUT2D eigenvalue weighted by atomic mass is 16.9. The average molecular weight is 232 g/mol. The van der Waals surface area contributed by atoms with E-state index < -0.39 is 5.97 Å². The smallest absolute Gasteiger partial charge is 0.280 e. The van der Waals surface area contributed by atoms with Gasteiger partial charge in [0.25, 0.3) is 5.97 Å². The molecule has 1 saturated heterocycles. The van der Waals surface area contributed by atoms with Gasteiger partial charge in [0.05, 0.1) is 19.3 Å². The molecule has 1 aliphatic heterocycles. The third-order valence-corrected chi connectivity index (χ3v) is 2.67. The van der Waals surface area contributed by atoms with Gasteiger partial charge in [0.2, 0.25) is 0 Å². The van der Waals surface area contributed by atoms with Crippen molar-refractivity contribution in [3.8, 4) is 0 Å². The van der Waals surface area contributed by atoms with E-state index in [9.17, 15) is 0 Å². The molecule has 1 fully saturated rings. The highest BCUT2D eigenvalue weighted by molar-refractivity contribution is 4.68. The lowest BCUT2D eigenvalue weighted by Crippen LogP contribution is -2.48. The van der Waals surface area contributed by atoms with Gasteiger partial charge in [-0.05, 0) is 12.8 Å². The molecule has 0 aromatic rings. The lowest BCUT2D eigenvalue weighted by Gasteiger charge is -2.38. The number of hydrogen-bond acceptors (Lipinski definition) is 5. The van der Waals surface area contributed by atoms with Crippen LogP contribution in [-0.4, -0.2) is 37.9 Å². The molecule has 1 aliphatic rings. The first-order valence-electron chi connectivity index (χ1n) is 6.01. The molecule has 4 N–H and O–H groups in total. The van der Waals surface area contributed by atoms with Crippen LogP contribution in [0.1, 0.15) is 33.1 Å². The van der Waals surface area contributed by atoms with Crippen molar-refractivity contribution >= 4 is 0 Å². The lowest BCUT2D eigenvalue weighted by atomic mass is 10.2. The summed E-state index contributed by atoms with van der Waals surface area (Å²) in [4.78, 5) is 0. The molecule has 0 aromatic carbocycles. The summed E-state index contributed by atoms with van der Waals surface area (Å²) < 4.78 is 16.7. The van der Waals surface area contributed by atoms with Crippen molar-refractivity contribution in [3.05, 3.63) is 0 Å². The highest BCUT2D eigenvalue weighted by Gasteiger charge is 2.35. The van der Waals surface area contributed by atoms with Gasteiger partial charge in [0.15, 0.2) is 0 Å². The number of rotatable bonds is 6. The average Bonchev–Trinajstić information content (AvgIpc) is 2.27. The van der Waals surface area contributed by atoms with Crippen LogP contribution in [0.4, 0.5) is 0 Å². The summed E-state index contributed by atoms with van der Waals surface area (Å²) in [6.07, 6.45) is 2.82. The Morgan fingerprint density at radius 3 is 2.94 bits per heavy atom. The zero-order valence-electron chi connectivity index (χ0n) is 10.3. The van der Waals surface area contributed by atoms with E-state index in [1.165, 1.54) is 0 Å². The minimum atomic E-state index is -0.979. The molecule has 0 saturated carbocycles. The summed E-state index contributed by atoms with van der Waals surface area (Å²) in [7, 11) is 0. The number of hydrogen-bond donors (Lipinski definition) is 2. The second kappa shape index (κ2) is 6.51. The number of ether oxygens (including phenoxy) is 3. The predicted molar refractivity (Wildman–Crippen MR) is 61.7 cm³/mol. The summed E-state index contributed by atoms with van der Waals surface area (Å²) in [6, 6.07) is 0.0345. The molecule has 3 atom stereocenters. The van der Waals surface area contributed by atoms with Gasteiger partial charge in [-0.25, -0.2) is 0 Å². The first kappa shape index (κ1) is 13.9. The Kier molecular flexibility index (Phi) is 5.64. The monoisotopic (exact) mass is 232 g/mol. The van der Waals surface area contributed by atoms with Crippen LogP contribution in [0.3, 0.4) is 0 Å². The van der Waals surface area contributed by atoms with Gasteiger partial charge < -0.3 is 25.7 Å². The molecule has 1 rings (SSSR count). The summed E-state index contributed by atoms with van der Waals surface area (Å²) in [5.41, 5.74) is 11.4. The van der Waals surface area contributed by atoms with E-state index in [0.29, 0.717) is 19.8 Å². The Labute approximate surface area is 97.4 Å². The Balaban J connectivity index is 2.33. The van der Waals surface area contributed by atoms with Crippen LogP contribution in [0.2, 0.25) is 0 Å². The highest BCUT2D eigenvalue weighted by Crippen LogP contribution is 2.23. The third kappa shape index (κ3) is 4.35. The fourth-order valence-corrected chi connectivity index (χ4v) is 1.73. The molecule has 0 radical (unpaired) electrons. The first-order valence-corrected chi connectivity index (χ1v) is 6.01. The normalized spacial score (nSPS) is 32.6. The van der Waals surface area contributed by atoms with Gasteiger partial charge in [-0.1, -0.05) is 13.3 Å². The van der Waals surface area contributed by atoms with Gasteiger partial charge in [-0.2, -0.15) is 0 Å². The van der Waals surface area contributed by atoms with Crippen molar-refractivity contribution in [2.75, 3.05) is 19.8 Å². The molecule has 0 spiro atoms. The van der Waals surface area contributed by atoms with Gasteiger partial charge in [-0.15, -0.1) is 0 Å². The molecule has 5 heteroatoms. The lowest BCUT2D eigenvalue weighted by molar-refractivity contribution is -0.405. The Hall–Kier alpha value is -0.200. The number of nitrogens with two attached hydrogens (primary N) is 2. The van der Waals surface area contributed by atoms with E-state index >= 15 is 0 Å². The second-order valence-electron chi connectivity index (χ2n) is 4.33. The maximum Gasteiger partial charge on any atom is 0.280 e. The van der Waals surface area contributed by atoms with Crippen LogP contribution in [0, 0.1) is 0 Å². The SMILES string of the molecule is CCCC(N)COC1(C)OCCC(CN)O1. The fraction of sp³-hybridized carbons (Fsp3) is 1.00. The van der Waals surface area contributed by atoms with E-state index in [0.717, 1.165) is 19.3 Å². The molecular formula is C11H24N2O3. The fourth-order valence-electron chi connectivity index (χ4n) is 1.73. The molecule has 16 heavy (non-hydrogen) atoms. The van der Waals surface area contributed by atoms with Crippen LogP contribution in [0.15, 0.2) is 0 Å². The molecule has 3 unspecified atom stereocenters. The van der Waals surface area contributed by atoms with Crippen molar-refractivity contribution < 1.29 is 14.2 Å². The van der Waals surface area contributed by atoms with Gasteiger partial charge >= 0.3 is 0 Å². The first-order chi connectivity index (χ1) is 7.59. The quantitative estimate of drug-likeness (QED) is 0.700. The summed E-state index contributed by atoms with van der Waals surface area (Å²) in [6.45, 7) is 5.42. The Bertz CT molecular complexity index is 204. The molecule has 0 bridgehead atoms. The van der Waals surface area contributed by atoms with Crippen LogP contribution >= 0.6 is 0 Å². The van der Waals surface area contributed by atoms with Crippen LogP contribution in [0.25, 0.3) is 0 Å². The van der Waals surface area contributed by atoms with Gasteiger partial charge in [0, 0.05) is 19.5 Å². The zero-order chi connectivity index (χ0) is 12.0. The van der Waals surface area contributed by atoms with Crippen molar-refractivity contribution in [2.24, 2.45) is 11.5 Å². The van der Waals surface area contributed by atoms with Crippen LogP contribution < -0.4 is 11.5 Å². The van der Waals surface area contributed by atoms with Crippen molar-refractivity contribution in [1.29, 1.82) is 0 Å². The summed E-state index contributed by atoms with van der Waals surface area (Å²) >= 11 is 0. The molecule has 96 valence electrons. The maximum atomic E-state index is 5.87. The van der Waals surface area contributed by atoms with E-state index in [1.54, 1.807) is 6.92 Å². The molecule has 0 amide bonds. The standard InChI is InChI=1S/C11H24N2O3/c1-3-4-9(13)8-15-11(2)14-6-5-10(7-12)16-11/h9-10H,3-8,12-13H2,1-2H3. The molecule has 5 nitrogen and oxygen atoms in total. The van der Waals surface area contributed by atoms with E-state index in [2.05, 4.69) is 6.92 Å². The molecule has 0 aliphatic carbocycles. The summed E-state index contributed by atoms with van der Waals surface area (Å²) in [5.74, 6) is -0.979. The molecule has 1 heterocycles. The minimum Gasteiger partial charge on any atom is -0.328 e. The largest absolute Gasteiger partial charge is 0.328 e. The van der Waals surface area contributed by atoms with Crippen LogP contribution in [0.5, 0.6) is 0 Å². The minimum absolute atomic E-state index is 0.0150. The van der Waals surface area contributed by atoms with Crippen LogP contribution in [-0.2, 0) is 14.2 Å². The zero-order valence-corrected chi connectivity index (χ0v) is 10.3. The molecule has 0 aromatic heterocycles. The topological polar surface area (TPSA) is 79.7 Å².